The van der Waals surface area contributed by atoms with Crippen LogP contribution in [0.4, 0.5) is 0 Å². The summed E-state index contributed by atoms with van der Waals surface area (Å²) in [6.45, 7) is 1.84. The zero-order chi connectivity index (χ0) is 12.0. The number of thiol groups is 1. The first-order valence-electron chi connectivity index (χ1n) is 5.01. The maximum atomic E-state index is 11.3. The third-order valence-electron chi connectivity index (χ3n) is 2.08. The number of aromatic nitrogens is 1. The van der Waals surface area contributed by atoms with Crippen molar-refractivity contribution in [2.75, 3.05) is 12.9 Å². The van der Waals surface area contributed by atoms with Crippen molar-refractivity contribution in [1.29, 1.82) is 0 Å². The van der Waals surface area contributed by atoms with E-state index in [0.717, 1.165) is 23.3 Å². The van der Waals surface area contributed by atoms with Crippen LogP contribution in [0.5, 0.6) is 0 Å². The molecule has 0 N–H and O–H groups in total. The predicted molar refractivity (Wildman–Crippen MR) is 67.8 cm³/mol. The van der Waals surface area contributed by atoms with Gasteiger partial charge >= 0.3 is 5.97 Å². The van der Waals surface area contributed by atoms with Crippen molar-refractivity contribution < 1.29 is 9.53 Å². The monoisotopic (exact) mass is 237 g/mol. The second kappa shape index (κ2) is 6.33. The number of carbonyl (C=O) groups is 1. The molecule has 4 heteroatoms. The highest BCUT2D eigenvalue weighted by Gasteiger charge is 2.10. The van der Waals surface area contributed by atoms with Gasteiger partial charge in [-0.15, -0.1) is 0 Å². The summed E-state index contributed by atoms with van der Waals surface area (Å²) in [4.78, 5) is 15.4. The van der Waals surface area contributed by atoms with Gasteiger partial charge in [0.2, 0.25) is 0 Å². The molecule has 0 spiro atoms. The number of hydrogen-bond acceptors (Lipinski definition) is 4. The van der Waals surface area contributed by atoms with Gasteiger partial charge < -0.3 is 4.74 Å². The van der Waals surface area contributed by atoms with E-state index < -0.39 is 5.97 Å². The highest BCUT2D eigenvalue weighted by atomic mass is 32.1. The smallest absolute Gasteiger partial charge is 0.356 e. The topological polar surface area (TPSA) is 39.2 Å². The quantitative estimate of drug-likeness (QED) is 0.646. The average molecular weight is 237 g/mol. The van der Waals surface area contributed by atoms with Gasteiger partial charge in [-0.2, -0.15) is 12.6 Å². The van der Waals surface area contributed by atoms with Crippen molar-refractivity contribution in [2.45, 2.75) is 13.3 Å². The standard InChI is InChI=1S/C12H15NO2S/c1-9-7-10(5-3-4-6-16)8-13-11(9)12(14)15-2/h3,5,7-8,16H,4,6H2,1-2H3. The number of hydrogen-bond donors (Lipinski definition) is 1. The van der Waals surface area contributed by atoms with Crippen LogP contribution in [0.15, 0.2) is 18.3 Å². The number of allylic oxidation sites excluding steroid dienone is 1. The minimum absolute atomic E-state index is 0.369. The summed E-state index contributed by atoms with van der Waals surface area (Å²) in [5, 5.41) is 0. The van der Waals surface area contributed by atoms with Crippen LogP contribution in [0.3, 0.4) is 0 Å². The number of ether oxygens (including phenoxy) is 1. The molecule has 0 aliphatic rings. The van der Waals surface area contributed by atoms with Gasteiger partial charge in [0, 0.05) is 6.20 Å². The summed E-state index contributed by atoms with van der Waals surface area (Å²) >= 11 is 4.12. The molecule has 1 heterocycles. The highest BCUT2D eigenvalue weighted by molar-refractivity contribution is 7.80. The van der Waals surface area contributed by atoms with Crippen molar-refractivity contribution in [3.8, 4) is 0 Å². The van der Waals surface area contributed by atoms with Crippen LogP contribution in [0, 0.1) is 6.92 Å². The Balaban J connectivity index is 2.86. The van der Waals surface area contributed by atoms with Gasteiger partial charge in [0.15, 0.2) is 5.69 Å². The molecular formula is C12H15NO2S. The first-order valence-corrected chi connectivity index (χ1v) is 5.64. The van der Waals surface area contributed by atoms with Crippen LogP contribution in [-0.4, -0.2) is 23.8 Å². The Hall–Kier alpha value is -1.29. The van der Waals surface area contributed by atoms with Crippen LogP contribution < -0.4 is 0 Å². The lowest BCUT2D eigenvalue weighted by Gasteiger charge is -2.03. The zero-order valence-corrected chi connectivity index (χ0v) is 10.3. The van der Waals surface area contributed by atoms with Crippen LogP contribution in [0.25, 0.3) is 6.08 Å². The second-order valence-corrected chi connectivity index (χ2v) is 3.79. The number of aryl methyl sites for hydroxylation is 1. The molecule has 0 bridgehead atoms. The summed E-state index contributed by atoms with van der Waals surface area (Å²) < 4.78 is 4.63. The lowest BCUT2D eigenvalue weighted by molar-refractivity contribution is 0.0593. The van der Waals surface area contributed by atoms with Crippen molar-refractivity contribution >= 4 is 24.7 Å². The normalized spacial score (nSPS) is 10.7. The van der Waals surface area contributed by atoms with Crippen LogP contribution in [-0.2, 0) is 4.74 Å². The molecular weight excluding hydrogens is 222 g/mol. The van der Waals surface area contributed by atoms with Crippen molar-refractivity contribution in [3.05, 3.63) is 35.2 Å². The van der Waals surface area contributed by atoms with Gasteiger partial charge in [-0.05, 0) is 36.3 Å². The molecule has 0 aromatic carbocycles. The lowest BCUT2D eigenvalue weighted by atomic mass is 10.1. The minimum atomic E-state index is -0.400. The maximum absolute atomic E-state index is 11.3. The number of carbonyl (C=O) groups excluding carboxylic acids is 1. The van der Waals surface area contributed by atoms with Crippen LogP contribution in [0.2, 0.25) is 0 Å². The van der Waals surface area contributed by atoms with E-state index in [-0.39, 0.29) is 0 Å². The molecule has 0 fully saturated rings. The first-order chi connectivity index (χ1) is 7.69. The molecule has 86 valence electrons. The van der Waals surface area contributed by atoms with E-state index in [1.165, 1.54) is 7.11 Å². The number of nitrogens with zero attached hydrogens (tertiary/aromatic N) is 1. The molecule has 1 aromatic heterocycles. The Kier molecular flexibility index (Phi) is 5.05. The van der Waals surface area contributed by atoms with E-state index in [1.807, 2.05) is 25.1 Å². The predicted octanol–water partition coefficient (Wildman–Crippen LogP) is 2.51. The molecule has 3 nitrogen and oxygen atoms in total. The summed E-state index contributed by atoms with van der Waals surface area (Å²) in [6, 6.07) is 1.91. The van der Waals surface area contributed by atoms with Crippen molar-refractivity contribution in [3.63, 3.8) is 0 Å². The summed E-state index contributed by atoms with van der Waals surface area (Å²) in [5.41, 5.74) is 2.17. The molecule has 0 atom stereocenters. The lowest BCUT2D eigenvalue weighted by Crippen LogP contribution is -2.06. The fourth-order valence-corrected chi connectivity index (χ4v) is 1.44. The number of rotatable bonds is 4. The first kappa shape index (κ1) is 12.8. The van der Waals surface area contributed by atoms with E-state index in [2.05, 4.69) is 22.3 Å². The van der Waals surface area contributed by atoms with Crippen LogP contribution >= 0.6 is 12.6 Å². The Bertz CT molecular complexity index is 402. The van der Waals surface area contributed by atoms with Gasteiger partial charge in [-0.25, -0.2) is 9.78 Å². The Morgan fingerprint density at radius 2 is 2.38 bits per heavy atom. The molecule has 0 radical (unpaired) electrons. The van der Waals surface area contributed by atoms with E-state index in [1.54, 1.807) is 6.20 Å². The van der Waals surface area contributed by atoms with E-state index >= 15 is 0 Å². The molecule has 0 aliphatic heterocycles. The Labute approximate surface area is 101 Å². The zero-order valence-electron chi connectivity index (χ0n) is 9.43. The third-order valence-corrected chi connectivity index (χ3v) is 2.34. The highest BCUT2D eigenvalue weighted by Crippen LogP contribution is 2.10. The molecule has 0 aliphatic carbocycles. The molecule has 1 aromatic rings. The second-order valence-electron chi connectivity index (χ2n) is 3.34. The van der Waals surface area contributed by atoms with E-state index in [9.17, 15) is 4.79 Å². The molecule has 0 saturated heterocycles. The molecule has 0 amide bonds. The fraction of sp³-hybridized carbons (Fsp3) is 0.333. The van der Waals surface area contributed by atoms with E-state index in [0.29, 0.717) is 5.69 Å². The summed E-state index contributed by atoms with van der Waals surface area (Å²) in [7, 11) is 1.35. The number of esters is 1. The Morgan fingerprint density at radius 1 is 1.62 bits per heavy atom. The van der Waals surface area contributed by atoms with Crippen molar-refractivity contribution in [1.82, 2.24) is 4.98 Å². The summed E-state index contributed by atoms with van der Waals surface area (Å²) in [5.74, 6) is 0.423. The largest absolute Gasteiger partial charge is 0.464 e. The van der Waals surface area contributed by atoms with Gasteiger partial charge in [0.25, 0.3) is 0 Å². The number of methoxy groups -OCH3 is 1. The molecule has 0 unspecified atom stereocenters. The summed E-state index contributed by atoms with van der Waals surface area (Å²) in [6.07, 6.45) is 6.58. The molecule has 16 heavy (non-hydrogen) atoms. The van der Waals surface area contributed by atoms with Gasteiger partial charge in [-0.1, -0.05) is 12.2 Å². The minimum Gasteiger partial charge on any atom is -0.464 e. The van der Waals surface area contributed by atoms with Gasteiger partial charge in [-0.3, -0.25) is 0 Å². The Morgan fingerprint density at radius 3 is 2.94 bits per heavy atom. The van der Waals surface area contributed by atoms with Gasteiger partial charge in [0.1, 0.15) is 0 Å². The molecule has 1 rings (SSSR count). The van der Waals surface area contributed by atoms with Gasteiger partial charge in [0.05, 0.1) is 7.11 Å². The SMILES string of the molecule is COC(=O)c1ncc(C=CCCS)cc1C. The maximum Gasteiger partial charge on any atom is 0.356 e. The third kappa shape index (κ3) is 3.38. The van der Waals surface area contributed by atoms with E-state index in [4.69, 9.17) is 0 Å². The van der Waals surface area contributed by atoms with Crippen molar-refractivity contribution in [2.24, 2.45) is 0 Å². The number of pyridine rings is 1. The van der Waals surface area contributed by atoms with Crippen LogP contribution in [0.1, 0.15) is 28.0 Å². The fourth-order valence-electron chi connectivity index (χ4n) is 1.29. The molecule has 0 saturated carbocycles. The average Bonchev–Trinajstić information content (AvgIpc) is 2.29.